The summed E-state index contributed by atoms with van der Waals surface area (Å²) >= 11 is 0. The number of para-hydroxylation sites is 2. The molecule has 210 valence electrons. The second kappa shape index (κ2) is 7.87. The van der Waals surface area contributed by atoms with Gasteiger partial charge in [0.05, 0.1) is 45.2 Å². The summed E-state index contributed by atoms with van der Waals surface area (Å²) in [5, 5.41) is 12.4. The van der Waals surface area contributed by atoms with Gasteiger partial charge in [0.15, 0.2) is 5.82 Å². The first-order valence-corrected chi connectivity index (χ1v) is 15.8. The van der Waals surface area contributed by atoms with Crippen molar-refractivity contribution in [3.63, 3.8) is 0 Å². The zero-order chi connectivity index (χ0) is 29.7. The standard InChI is InChI=1S/C42H22N4/c1-2-12-25-23(9-1)19-20-27-32-21-31-26-13-3-5-17-33(26)45-34-18-6-4-14-28(34)37(41(31)45)42(32)46(40(25)27)35-22-43-38-29-15-7-10-24-11-8-16-30(36(24)29)39(38)44-35/h1-22H. The van der Waals surface area contributed by atoms with Crippen molar-refractivity contribution in [3.8, 4) is 28.3 Å². The second-order valence-corrected chi connectivity index (χ2v) is 12.6. The SMILES string of the molecule is c1cc2c3c(cccc3c1)-c1nc(-n3c4c5ccccc5ccc4c4cc5c6ccccc6n6c7ccccc7c(c43)c56)cnc1-2. The molecule has 1 aliphatic carbocycles. The molecule has 0 amide bonds. The van der Waals surface area contributed by atoms with Gasteiger partial charge < -0.3 is 4.40 Å². The van der Waals surface area contributed by atoms with Gasteiger partial charge in [-0.3, -0.25) is 9.55 Å². The van der Waals surface area contributed by atoms with Gasteiger partial charge in [0, 0.05) is 54.2 Å². The second-order valence-electron chi connectivity index (χ2n) is 12.6. The molecule has 0 atom stereocenters. The Kier molecular flexibility index (Phi) is 3.96. The van der Waals surface area contributed by atoms with Crippen LogP contribution < -0.4 is 0 Å². The highest BCUT2D eigenvalue weighted by atomic mass is 15.1. The molecule has 0 spiro atoms. The molecule has 1 aliphatic rings. The maximum Gasteiger partial charge on any atom is 0.156 e. The number of fused-ring (bicyclic) bond motifs is 15. The molecule has 0 fully saturated rings. The van der Waals surface area contributed by atoms with Crippen LogP contribution in [-0.4, -0.2) is 18.9 Å². The molecule has 0 saturated heterocycles. The van der Waals surface area contributed by atoms with E-state index in [0.717, 1.165) is 28.3 Å². The monoisotopic (exact) mass is 582 g/mol. The van der Waals surface area contributed by atoms with E-state index in [1.165, 1.54) is 81.4 Å². The van der Waals surface area contributed by atoms with Gasteiger partial charge in [-0.25, -0.2) is 4.98 Å². The van der Waals surface area contributed by atoms with Gasteiger partial charge in [-0.2, -0.15) is 0 Å². The lowest BCUT2D eigenvalue weighted by Gasteiger charge is -2.11. The number of aromatic nitrogens is 4. The predicted octanol–water partition coefficient (Wildman–Crippen LogP) is 10.7. The molecule has 0 N–H and O–H groups in total. The van der Waals surface area contributed by atoms with E-state index in [-0.39, 0.29) is 0 Å². The van der Waals surface area contributed by atoms with Crippen molar-refractivity contribution < 1.29 is 0 Å². The van der Waals surface area contributed by atoms with Crippen molar-refractivity contribution in [2.75, 3.05) is 0 Å². The lowest BCUT2D eigenvalue weighted by molar-refractivity contribution is 1.06. The normalized spacial score (nSPS) is 12.8. The Labute approximate surface area is 261 Å². The molecule has 4 nitrogen and oxygen atoms in total. The average Bonchev–Trinajstić information content (AvgIpc) is 3.83. The molecule has 0 aliphatic heterocycles. The summed E-state index contributed by atoms with van der Waals surface area (Å²) in [5.41, 5.74) is 10.3. The van der Waals surface area contributed by atoms with E-state index < -0.39 is 0 Å². The lowest BCUT2D eigenvalue weighted by Crippen LogP contribution is -2.01. The topological polar surface area (TPSA) is 35.1 Å². The highest BCUT2D eigenvalue weighted by Crippen LogP contribution is 2.49. The van der Waals surface area contributed by atoms with E-state index in [0.29, 0.717) is 0 Å². The molecule has 4 heterocycles. The average molecular weight is 583 g/mol. The van der Waals surface area contributed by atoms with Gasteiger partial charge in [-0.1, -0.05) is 109 Å². The number of rotatable bonds is 1. The lowest BCUT2D eigenvalue weighted by atomic mass is 10.0. The van der Waals surface area contributed by atoms with Crippen LogP contribution in [-0.2, 0) is 0 Å². The van der Waals surface area contributed by atoms with Crippen molar-refractivity contribution in [1.82, 2.24) is 18.9 Å². The van der Waals surface area contributed by atoms with Crippen LogP contribution in [0.5, 0.6) is 0 Å². The zero-order valence-electron chi connectivity index (χ0n) is 24.5. The largest absolute Gasteiger partial charge is 0.308 e. The molecule has 0 unspecified atom stereocenters. The molecular formula is C42H22N4. The Morgan fingerprint density at radius 1 is 0.435 bits per heavy atom. The molecule has 11 aromatic rings. The Morgan fingerprint density at radius 2 is 1.11 bits per heavy atom. The van der Waals surface area contributed by atoms with Crippen LogP contribution in [0.1, 0.15) is 0 Å². The summed E-state index contributed by atoms with van der Waals surface area (Å²) in [7, 11) is 0. The summed E-state index contributed by atoms with van der Waals surface area (Å²) in [6.07, 6.45) is 1.98. The number of hydrogen-bond donors (Lipinski definition) is 0. The number of hydrogen-bond acceptors (Lipinski definition) is 2. The fraction of sp³-hybridized carbons (Fsp3) is 0. The van der Waals surface area contributed by atoms with Crippen molar-refractivity contribution in [3.05, 3.63) is 134 Å². The third-order valence-corrected chi connectivity index (χ3v) is 10.4. The first-order valence-electron chi connectivity index (χ1n) is 15.8. The van der Waals surface area contributed by atoms with Crippen LogP contribution in [0.3, 0.4) is 0 Å². The smallest absolute Gasteiger partial charge is 0.156 e. The van der Waals surface area contributed by atoms with Gasteiger partial charge in [0.1, 0.15) is 0 Å². The highest BCUT2D eigenvalue weighted by molar-refractivity contribution is 6.35. The van der Waals surface area contributed by atoms with E-state index in [4.69, 9.17) is 9.97 Å². The fourth-order valence-corrected chi connectivity index (χ4v) is 8.60. The summed E-state index contributed by atoms with van der Waals surface area (Å²) in [5.74, 6) is 0.836. The first-order chi connectivity index (χ1) is 22.8. The highest BCUT2D eigenvalue weighted by Gasteiger charge is 2.28. The third kappa shape index (κ3) is 2.57. The van der Waals surface area contributed by atoms with Crippen LogP contribution in [0.4, 0.5) is 0 Å². The number of benzene rings is 7. The summed E-state index contributed by atoms with van der Waals surface area (Å²) in [6.45, 7) is 0. The Morgan fingerprint density at radius 3 is 1.96 bits per heavy atom. The predicted molar refractivity (Wildman–Crippen MR) is 190 cm³/mol. The molecule has 0 saturated carbocycles. The Bertz CT molecular complexity index is 3140. The van der Waals surface area contributed by atoms with Crippen LogP contribution >= 0.6 is 0 Å². The zero-order valence-corrected chi connectivity index (χ0v) is 24.5. The molecule has 4 heteroatoms. The van der Waals surface area contributed by atoms with Crippen LogP contribution in [0.25, 0.3) is 110 Å². The van der Waals surface area contributed by atoms with Crippen molar-refractivity contribution in [2.45, 2.75) is 0 Å². The van der Waals surface area contributed by atoms with Gasteiger partial charge >= 0.3 is 0 Å². The van der Waals surface area contributed by atoms with Gasteiger partial charge in [0.25, 0.3) is 0 Å². The van der Waals surface area contributed by atoms with Crippen LogP contribution in [0.2, 0.25) is 0 Å². The van der Waals surface area contributed by atoms with Gasteiger partial charge in [-0.15, -0.1) is 0 Å². The third-order valence-electron chi connectivity index (χ3n) is 10.4. The molecule has 4 aromatic heterocycles. The van der Waals surface area contributed by atoms with Crippen molar-refractivity contribution in [1.29, 1.82) is 0 Å². The molecule has 7 aromatic carbocycles. The van der Waals surface area contributed by atoms with Crippen LogP contribution in [0, 0.1) is 0 Å². The van der Waals surface area contributed by atoms with Crippen molar-refractivity contribution in [2.24, 2.45) is 0 Å². The minimum Gasteiger partial charge on any atom is -0.308 e. The van der Waals surface area contributed by atoms with E-state index >= 15 is 0 Å². The van der Waals surface area contributed by atoms with E-state index in [1.54, 1.807) is 0 Å². The minimum atomic E-state index is 0.836. The molecule has 0 bridgehead atoms. The summed E-state index contributed by atoms with van der Waals surface area (Å²) < 4.78 is 4.86. The molecule has 0 radical (unpaired) electrons. The molecule has 12 rings (SSSR count). The van der Waals surface area contributed by atoms with E-state index in [1.807, 2.05) is 6.20 Å². The van der Waals surface area contributed by atoms with Crippen LogP contribution in [0.15, 0.2) is 134 Å². The van der Waals surface area contributed by atoms with E-state index in [9.17, 15) is 0 Å². The maximum absolute atomic E-state index is 5.51. The maximum atomic E-state index is 5.51. The Hall–Kier alpha value is -6.26. The summed E-state index contributed by atoms with van der Waals surface area (Å²) in [4.78, 5) is 10.7. The summed E-state index contributed by atoms with van der Waals surface area (Å²) in [6, 6.07) is 46.3. The quantitative estimate of drug-likeness (QED) is 0.193. The fourth-order valence-electron chi connectivity index (χ4n) is 8.60. The molecular weight excluding hydrogens is 560 g/mol. The number of nitrogens with zero attached hydrogens (tertiary/aromatic N) is 4. The Balaban J connectivity index is 1.34. The molecule has 46 heavy (non-hydrogen) atoms. The first kappa shape index (κ1) is 23.2. The van der Waals surface area contributed by atoms with E-state index in [2.05, 4.69) is 136 Å². The minimum absolute atomic E-state index is 0.836. The van der Waals surface area contributed by atoms with Crippen molar-refractivity contribution >= 4 is 81.4 Å². The van der Waals surface area contributed by atoms with Gasteiger partial charge in [0.2, 0.25) is 0 Å². The van der Waals surface area contributed by atoms with Gasteiger partial charge in [-0.05, 0) is 29.0 Å².